The fourth-order valence-corrected chi connectivity index (χ4v) is 3.00. The van der Waals surface area contributed by atoms with E-state index in [1.165, 1.54) is 0 Å². The Hall–Kier alpha value is -3.02. The molecule has 1 aliphatic heterocycles. The number of nitrogens with zero attached hydrogens (tertiary/aromatic N) is 2. The molecule has 0 saturated carbocycles. The van der Waals surface area contributed by atoms with E-state index in [0.717, 1.165) is 22.8 Å². The third-order valence-corrected chi connectivity index (χ3v) is 4.51. The number of carbonyl (C=O) groups is 2. The largest absolute Gasteiger partial charge is 0.497 e. The number of ether oxygens (including phenoxy) is 1. The molecule has 1 saturated heterocycles. The monoisotopic (exact) mass is 353 g/mol. The lowest BCUT2D eigenvalue weighted by molar-refractivity contribution is -0.122. The predicted molar refractivity (Wildman–Crippen MR) is 103 cm³/mol. The average Bonchev–Trinajstić information content (AvgIpc) is 3.04. The van der Waals surface area contributed by atoms with E-state index in [4.69, 9.17) is 4.74 Å². The van der Waals surface area contributed by atoms with E-state index in [2.05, 4.69) is 5.32 Å². The molecule has 1 N–H and O–H groups in total. The first-order chi connectivity index (χ1) is 12.5. The Morgan fingerprint density at radius 2 is 1.92 bits per heavy atom. The molecule has 6 heteroatoms. The van der Waals surface area contributed by atoms with Crippen molar-refractivity contribution >= 4 is 28.9 Å². The minimum Gasteiger partial charge on any atom is -0.497 e. The summed E-state index contributed by atoms with van der Waals surface area (Å²) in [7, 11) is 5.49. The Morgan fingerprint density at radius 3 is 2.58 bits per heavy atom. The molecule has 2 aromatic carbocycles. The quantitative estimate of drug-likeness (QED) is 0.898. The van der Waals surface area contributed by atoms with E-state index in [1.807, 2.05) is 67.5 Å². The van der Waals surface area contributed by atoms with Gasteiger partial charge < -0.3 is 19.9 Å². The van der Waals surface area contributed by atoms with Crippen LogP contribution in [-0.4, -0.2) is 39.6 Å². The Kier molecular flexibility index (Phi) is 5.11. The molecule has 0 spiro atoms. The van der Waals surface area contributed by atoms with Crippen molar-refractivity contribution < 1.29 is 14.3 Å². The van der Waals surface area contributed by atoms with Gasteiger partial charge in [-0.2, -0.15) is 0 Å². The highest BCUT2D eigenvalue weighted by Gasteiger charge is 2.35. The molecule has 0 aliphatic carbocycles. The highest BCUT2D eigenvalue weighted by atomic mass is 16.5. The Balaban J connectivity index is 1.67. The molecule has 136 valence electrons. The van der Waals surface area contributed by atoms with Crippen LogP contribution in [0.2, 0.25) is 0 Å². The zero-order valence-corrected chi connectivity index (χ0v) is 15.2. The second-order valence-electron chi connectivity index (χ2n) is 6.54. The van der Waals surface area contributed by atoms with Crippen LogP contribution in [0.4, 0.5) is 17.1 Å². The average molecular weight is 353 g/mol. The van der Waals surface area contributed by atoms with Gasteiger partial charge in [0, 0.05) is 44.1 Å². The highest BCUT2D eigenvalue weighted by Crippen LogP contribution is 2.28. The first-order valence-electron chi connectivity index (χ1n) is 8.50. The number of hydrogen-bond donors (Lipinski definition) is 1. The van der Waals surface area contributed by atoms with Gasteiger partial charge in [0.15, 0.2) is 0 Å². The third-order valence-electron chi connectivity index (χ3n) is 4.51. The summed E-state index contributed by atoms with van der Waals surface area (Å²) in [5, 5.41) is 2.93. The molecule has 0 bridgehead atoms. The number of anilines is 3. The molecule has 26 heavy (non-hydrogen) atoms. The number of amides is 2. The van der Waals surface area contributed by atoms with Crippen molar-refractivity contribution in [3.8, 4) is 5.75 Å². The van der Waals surface area contributed by atoms with Gasteiger partial charge in [0.05, 0.1) is 13.0 Å². The molecule has 0 radical (unpaired) electrons. The van der Waals surface area contributed by atoms with Gasteiger partial charge in [-0.1, -0.05) is 6.07 Å². The minimum atomic E-state index is -0.368. The number of carbonyl (C=O) groups excluding carboxylic acids is 2. The molecule has 1 aliphatic rings. The normalized spacial score (nSPS) is 16.5. The topological polar surface area (TPSA) is 61.9 Å². The minimum absolute atomic E-state index is 0.0441. The molecule has 2 amide bonds. The van der Waals surface area contributed by atoms with Crippen molar-refractivity contribution in [3.63, 3.8) is 0 Å². The lowest BCUT2D eigenvalue weighted by Crippen LogP contribution is -2.28. The van der Waals surface area contributed by atoms with E-state index in [1.54, 1.807) is 12.0 Å². The van der Waals surface area contributed by atoms with Gasteiger partial charge in [0.1, 0.15) is 5.75 Å². The molecule has 2 aromatic rings. The molecule has 1 atom stereocenters. The fourth-order valence-electron chi connectivity index (χ4n) is 3.00. The number of rotatable bonds is 5. The van der Waals surface area contributed by atoms with Crippen LogP contribution in [0, 0.1) is 5.92 Å². The molecular formula is C20H23N3O3. The number of hydrogen-bond acceptors (Lipinski definition) is 4. The summed E-state index contributed by atoms with van der Waals surface area (Å²) in [6.45, 7) is 0.379. The van der Waals surface area contributed by atoms with Crippen LogP contribution in [0.15, 0.2) is 48.5 Å². The molecule has 1 fully saturated rings. The van der Waals surface area contributed by atoms with Crippen molar-refractivity contribution in [2.45, 2.75) is 6.42 Å². The molecular weight excluding hydrogens is 330 g/mol. The molecule has 1 unspecified atom stereocenters. The van der Waals surface area contributed by atoms with E-state index in [9.17, 15) is 9.59 Å². The van der Waals surface area contributed by atoms with Crippen LogP contribution >= 0.6 is 0 Å². The molecule has 0 aromatic heterocycles. The summed E-state index contributed by atoms with van der Waals surface area (Å²) in [5.74, 6) is 0.186. The van der Waals surface area contributed by atoms with Gasteiger partial charge >= 0.3 is 0 Å². The van der Waals surface area contributed by atoms with Crippen LogP contribution in [0.3, 0.4) is 0 Å². The van der Waals surface area contributed by atoms with Gasteiger partial charge in [-0.3, -0.25) is 9.59 Å². The van der Waals surface area contributed by atoms with E-state index < -0.39 is 0 Å². The Labute approximate surface area is 153 Å². The lowest BCUT2D eigenvalue weighted by atomic mass is 10.1. The smallest absolute Gasteiger partial charge is 0.229 e. The second kappa shape index (κ2) is 7.47. The van der Waals surface area contributed by atoms with Crippen LogP contribution < -0.4 is 19.9 Å². The SMILES string of the molecule is COc1ccc(N2CC(C(=O)Nc3cccc(N(C)C)c3)CC2=O)cc1. The summed E-state index contributed by atoms with van der Waals surface area (Å²) in [4.78, 5) is 28.6. The van der Waals surface area contributed by atoms with Crippen LogP contribution in [-0.2, 0) is 9.59 Å². The van der Waals surface area contributed by atoms with Crippen molar-refractivity contribution in [3.05, 3.63) is 48.5 Å². The van der Waals surface area contributed by atoms with Gasteiger partial charge in [0.25, 0.3) is 0 Å². The fraction of sp³-hybridized carbons (Fsp3) is 0.300. The summed E-state index contributed by atoms with van der Waals surface area (Å²) < 4.78 is 5.14. The first-order valence-corrected chi connectivity index (χ1v) is 8.50. The zero-order chi connectivity index (χ0) is 18.7. The third kappa shape index (κ3) is 3.79. The Morgan fingerprint density at radius 1 is 1.19 bits per heavy atom. The molecule has 3 rings (SSSR count). The van der Waals surface area contributed by atoms with Gasteiger partial charge in [-0.15, -0.1) is 0 Å². The highest BCUT2D eigenvalue weighted by molar-refractivity contribution is 6.03. The zero-order valence-electron chi connectivity index (χ0n) is 15.2. The number of benzene rings is 2. The van der Waals surface area contributed by atoms with Crippen LogP contribution in [0.1, 0.15) is 6.42 Å². The second-order valence-corrected chi connectivity index (χ2v) is 6.54. The number of methoxy groups -OCH3 is 1. The van der Waals surface area contributed by atoms with Gasteiger partial charge in [-0.05, 0) is 42.5 Å². The van der Waals surface area contributed by atoms with Crippen molar-refractivity contribution in [2.75, 3.05) is 42.9 Å². The van der Waals surface area contributed by atoms with Crippen molar-refractivity contribution in [2.24, 2.45) is 5.92 Å². The maximum atomic E-state index is 12.6. The van der Waals surface area contributed by atoms with Crippen LogP contribution in [0.5, 0.6) is 5.75 Å². The first kappa shape index (κ1) is 17.8. The van der Waals surface area contributed by atoms with Crippen molar-refractivity contribution in [1.29, 1.82) is 0 Å². The summed E-state index contributed by atoms with van der Waals surface area (Å²) in [6, 6.07) is 14.9. The maximum absolute atomic E-state index is 12.6. The van der Waals surface area contributed by atoms with E-state index in [-0.39, 0.29) is 24.2 Å². The van der Waals surface area contributed by atoms with E-state index in [0.29, 0.717) is 6.54 Å². The van der Waals surface area contributed by atoms with Gasteiger partial charge in [0.2, 0.25) is 11.8 Å². The standard InChI is InChI=1S/C20H23N3O3/c1-22(2)17-6-4-5-15(12-17)21-20(25)14-11-19(24)23(13-14)16-7-9-18(26-3)10-8-16/h4-10,12,14H,11,13H2,1-3H3,(H,21,25). The van der Waals surface area contributed by atoms with Crippen molar-refractivity contribution in [1.82, 2.24) is 0 Å². The Bertz CT molecular complexity index is 802. The molecule has 1 heterocycles. The lowest BCUT2D eigenvalue weighted by Gasteiger charge is -2.17. The van der Waals surface area contributed by atoms with E-state index >= 15 is 0 Å². The molecule has 6 nitrogen and oxygen atoms in total. The summed E-state index contributed by atoms with van der Waals surface area (Å²) in [5.41, 5.74) is 2.52. The summed E-state index contributed by atoms with van der Waals surface area (Å²) in [6.07, 6.45) is 0.214. The van der Waals surface area contributed by atoms with Crippen LogP contribution in [0.25, 0.3) is 0 Å². The summed E-state index contributed by atoms with van der Waals surface area (Å²) >= 11 is 0. The number of nitrogens with one attached hydrogen (secondary N) is 1. The maximum Gasteiger partial charge on any atom is 0.229 e. The van der Waals surface area contributed by atoms with Gasteiger partial charge in [-0.25, -0.2) is 0 Å². The predicted octanol–water partition coefficient (Wildman–Crippen LogP) is 2.75.